The lowest BCUT2D eigenvalue weighted by molar-refractivity contribution is 1.10. The number of anilines is 3. The Morgan fingerprint density at radius 2 is 2.00 bits per heavy atom. The fraction of sp³-hybridized carbons (Fsp3) is 0.267. The van der Waals surface area contributed by atoms with Crippen molar-refractivity contribution in [2.24, 2.45) is 0 Å². The van der Waals surface area contributed by atoms with Crippen molar-refractivity contribution in [1.82, 2.24) is 19.9 Å². The number of aryl methyl sites for hydroxylation is 2. The molecule has 3 rings (SSSR count). The van der Waals surface area contributed by atoms with Crippen LogP contribution in [0.1, 0.15) is 18.1 Å². The van der Waals surface area contributed by atoms with Crippen molar-refractivity contribution >= 4 is 28.6 Å². The van der Waals surface area contributed by atoms with Gasteiger partial charge in [0.25, 0.3) is 0 Å². The maximum Gasteiger partial charge on any atom is 0.226 e. The molecule has 6 heteroatoms. The molecular formula is C15H18N6. The molecule has 0 aliphatic rings. The van der Waals surface area contributed by atoms with E-state index in [2.05, 4.69) is 56.5 Å². The van der Waals surface area contributed by atoms with E-state index in [0.717, 1.165) is 23.6 Å². The molecule has 2 aromatic heterocycles. The molecule has 0 bridgehead atoms. The molecule has 0 radical (unpaired) electrons. The van der Waals surface area contributed by atoms with Crippen LogP contribution in [0, 0.1) is 13.8 Å². The molecule has 3 N–H and O–H groups in total. The summed E-state index contributed by atoms with van der Waals surface area (Å²) in [4.78, 5) is 16.1. The van der Waals surface area contributed by atoms with Crippen LogP contribution < -0.4 is 10.6 Å². The van der Waals surface area contributed by atoms with Gasteiger partial charge in [0.1, 0.15) is 5.52 Å². The zero-order chi connectivity index (χ0) is 14.8. The van der Waals surface area contributed by atoms with Crippen LogP contribution >= 0.6 is 0 Å². The Morgan fingerprint density at radius 3 is 2.76 bits per heavy atom. The molecule has 1 aromatic carbocycles. The number of imidazole rings is 1. The van der Waals surface area contributed by atoms with E-state index in [4.69, 9.17) is 0 Å². The monoisotopic (exact) mass is 282 g/mol. The van der Waals surface area contributed by atoms with Gasteiger partial charge in [0.15, 0.2) is 11.5 Å². The molecule has 0 saturated heterocycles. The first-order chi connectivity index (χ1) is 10.2. The molecule has 0 atom stereocenters. The predicted octanol–water partition coefficient (Wildman–Crippen LogP) is 3.15. The van der Waals surface area contributed by atoms with Gasteiger partial charge in [-0.25, -0.2) is 4.98 Å². The summed E-state index contributed by atoms with van der Waals surface area (Å²) in [6.07, 6.45) is 1.63. The molecular weight excluding hydrogens is 264 g/mol. The maximum absolute atomic E-state index is 4.51. The van der Waals surface area contributed by atoms with Gasteiger partial charge in [-0.2, -0.15) is 9.97 Å². The number of hydrogen-bond donors (Lipinski definition) is 3. The molecule has 0 aliphatic heterocycles. The van der Waals surface area contributed by atoms with Crippen molar-refractivity contribution in [3.8, 4) is 0 Å². The van der Waals surface area contributed by atoms with E-state index in [-0.39, 0.29) is 0 Å². The minimum absolute atomic E-state index is 0.573. The molecule has 108 valence electrons. The summed E-state index contributed by atoms with van der Waals surface area (Å²) < 4.78 is 0. The second-order valence-corrected chi connectivity index (χ2v) is 4.95. The van der Waals surface area contributed by atoms with E-state index in [0.29, 0.717) is 11.6 Å². The zero-order valence-electron chi connectivity index (χ0n) is 12.4. The largest absolute Gasteiger partial charge is 0.354 e. The Balaban J connectivity index is 2.01. The highest BCUT2D eigenvalue weighted by Gasteiger charge is 2.10. The van der Waals surface area contributed by atoms with Crippen LogP contribution in [0.5, 0.6) is 0 Å². The maximum atomic E-state index is 4.51. The van der Waals surface area contributed by atoms with E-state index in [1.54, 1.807) is 6.33 Å². The molecule has 0 amide bonds. The highest BCUT2D eigenvalue weighted by Crippen LogP contribution is 2.24. The molecule has 21 heavy (non-hydrogen) atoms. The first-order valence-electron chi connectivity index (χ1n) is 6.96. The van der Waals surface area contributed by atoms with Gasteiger partial charge in [0.05, 0.1) is 6.33 Å². The quantitative estimate of drug-likeness (QED) is 0.685. The van der Waals surface area contributed by atoms with Gasteiger partial charge in [-0.1, -0.05) is 6.07 Å². The van der Waals surface area contributed by atoms with Crippen molar-refractivity contribution in [1.29, 1.82) is 0 Å². The van der Waals surface area contributed by atoms with Crippen molar-refractivity contribution in [3.63, 3.8) is 0 Å². The van der Waals surface area contributed by atoms with Crippen molar-refractivity contribution in [2.75, 3.05) is 17.2 Å². The van der Waals surface area contributed by atoms with Crippen molar-refractivity contribution in [3.05, 3.63) is 35.7 Å². The zero-order valence-corrected chi connectivity index (χ0v) is 12.4. The molecule has 2 heterocycles. The molecule has 0 aliphatic carbocycles. The van der Waals surface area contributed by atoms with Gasteiger partial charge < -0.3 is 15.6 Å². The summed E-state index contributed by atoms with van der Waals surface area (Å²) in [6, 6.07) is 6.24. The minimum atomic E-state index is 0.573. The van der Waals surface area contributed by atoms with Crippen LogP contribution in [0.15, 0.2) is 24.5 Å². The van der Waals surface area contributed by atoms with Gasteiger partial charge in [-0.15, -0.1) is 0 Å². The summed E-state index contributed by atoms with van der Waals surface area (Å²) in [5.41, 5.74) is 4.95. The minimum Gasteiger partial charge on any atom is -0.354 e. The Labute approximate surface area is 123 Å². The molecule has 0 saturated carbocycles. The van der Waals surface area contributed by atoms with E-state index in [1.807, 2.05) is 13.0 Å². The van der Waals surface area contributed by atoms with E-state index >= 15 is 0 Å². The summed E-state index contributed by atoms with van der Waals surface area (Å²) in [5.74, 6) is 1.29. The van der Waals surface area contributed by atoms with Crippen molar-refractivity contribution in [2.45, 2.75) is 20.8 Å². The average molecular weight is 282 g/mol. The van der Waals surface area contributed by atoms with Gasteiger partial charge in [-0.05, 0) is 44.0 Å². The van der Waals surface area contributed by atoms with Crippen LogP contribution in [-0.2, 0) is 0 Å². The number of rotatable bonds is 4. The number of aromatic amines is 1. The molecule has 0 fully saturated rings. The Bertz CT molecular complexity index is 777. The van der Waals surface area contributed by atoms with Crippen LogP contribution in [-0.4, -0.2) is 26.5 Å². The van der Waals surface area contributed by atoms with Crippen LogP contribution in [0.3, 0.4) is 0 Å². The van der Waals surface area contributed by atoms with Gasteiger partial charge >= 0.3 is 0 Å². The number of nitrogens with one attached hydrogen (secondary N) is 3. The first-order valence-corrected chi connectivity index (χ1v) is 6.96. The van der Waals surface area contributed by atoms with Crippen LogP contribution in [0.25, 0.3) is 11.2 Å². The van der Waals surface area contributed by atoms with Crippen LogP contribution in [0.2, 0.25) is 0 Å². The number of fused-ring (bicyclic) bond motifs is 1. The van der Waals surface area contributed by atoms with E-state index in [1.165, 1.54) is 11.1 Å². The Morgan fingerprint density at radius 1 is 1.14 bits per heavy atom. The lowest BCUT2D eigenvalue weighted by Crippen LogP contribution is -2.05. The summed E-state index contributed by atoms with van der Waals surface area (Å²) in [6.45, 7) is 6.96. The Kier molecular flexibility index (Phi) is 3.43. The smallest absolute Gasteiger partial charge is 0.226 e. The van der Waals surface area contributed by atoms with Gasteiger partial charge in [0, 0.05) is 12.2 Å². The van der Waals surface area contributed by atoms with Crippen LogP contribution in [0.4, 0.5) is 17.5 Å². The molecule has 0 unspecified atom stereocenters. The van der Waals surface area contributed by atoms with Gasteiger partial charge in [-0.3, -0.25) is 0 Å². The van der Waals surface area contributed by atoms with Gasteiger partial charge in [0.2, 0.25) is 5.95 Å². The highest BCUT2D eigenvalue weighted by atomic mass is 15.2. The lowest BCUT2D eigenvalue weighted by atomic mass is 10.1. The molecule has 0 spiro atoms. The number of benzene rings is 1. The second kappa shape index (κ2) is 5.40. The molecule has 6 nitrogen and oxygen atoms in total. The number of hydrogen-bond acceptors (Lipinski definition) is 5. The first kappa shape index (κ1) is 13.4. The molecule has 3 aromatic rings. The highest BCUT2D eigenvalue weighted by molar-refractivity contribution is 5.86. The third kappa shape index (κ3) is 2.65. The summed E-state index contributed by atoms with van der Waals surface area (Å²) in [7, 11) is 0. The third-order valence-electron chi connectivity index (χ3n) is 3.39. The summed E-state index contributed by atoms with van der Waals surface area (Å²) in [5, 5.41) is 6.46. The topological polar surface area (TPSA) is 78.5 Å². The Hall–Kier alpha value is -2.63. The number of H-pyrrole nitrogens is 1. The predicted molar refractivity (Wildman–Crippen MR) is 85.0 cm³/mol. The standard InChI is InChI=1S/C15H18N6/c1-4-16-15-20-13-12(17-8-18-13)14(21-15)19-11-6-5-9(2)10(3)7-11/h5-8H,4H2,1-3H3,(H3,16,17,18,19,20,21). The summed E-state index contributed by atoms with van der Waals surface area (Å²) >= 11 is 0. The fourth-order valence-electron chi connectivity index (χ4n) is 2.12. The van der Waals surface area contributed by atoms with E-state index in [9.17, 15) is 0 Å². The SMILES string of the molecule is CCNc1nc(Nc2ccc(C)c(C)c2)c2[nH]cnc2n1. The second-order valence-electron chi connectivity index (χ2n) is 4.95. The average Bonchev–Trinajstić information content (AvgIpc) is 2.92. The normalized spacial score (nSPS) is 10.8. The fourth-order valence-corrected chi connectivity index (χ4v) is 2.12. The van der Waals surface area contributed by atoms with E-state index < -0.39 is 0 Å². The number of nitrogens with zero attached hydrogens (tertiary/aromatic N) is 3. The van der Waals surface area contributed by atoms with Crippen molar-refractivity contribution < 1.29 is 0 Å². The number of aromatic nitrogens is 4. The third-order valence-corrected chi connectivity index (χ3v) is 3.39. The lowest BCUT2D eigenvalue weighted by Gasteiger charge is -2.10.